The van der Waals surface area contributed by atoms with Crippen LogP contribution in [0.3, 0.4) is 0 Å². The molecular weight excluding hydrogens is 252 g/mol. The van der Waals surface area contributed by atoms with E-state index in [2.05, 4.69) is 20.3 Å². The van der Waals surface area contributed by atoms with Crippen molar-refractivity contribution >= 4 is 23.5 Å². The maximum absolute atomic E-state index is 11.7. The van der Waals surface area contributed by atoms with E-state index in [0.29, 0.717) is 23.7 Å². The van der Waals surface area contributed by atoms with Gasteiger partial charge in [0.2, 0.25) is 5.96 Å². The zero-order valence-electron chi connectivity index (χ0n) is 9.93. The molecule has 1 heterocycles. The van der Waals surface area contributed by atoms with Crippen molar-refractivity contribution in [3.8, 4) is 6.19 Å². The number of H-pyrrole nitrogens is 1. The molecule has 0 bridgehead atoms. The summed E-state index contributed by atoms with van der Waals surface area (Å²) in [4.78, 5) is 22.4. The number of aromatic amines is 1. The highest BCUT2D eigenvalue weighted by Gasteiger charge is 2.10. The standard InChI is InChI=1S/C10H14N6OS/c1-7-9(16-6-15-7)8(17)4-18-3-2-13-10(12)14-5-11/h6H,2-4H2,1H3,(H,15,16)(H3,12,13,14). The van der Waals surface area contributed by atoms with E-state index in [1.165, 1.54) is 18.1 Å². The van der Waals surface area contributed by atoms with Crippen molar-refractivity contribution in [2.24, 2.45) is 10.7 Å². The third-order valence-corrected chi connectivity index (χ3v) is 2.97. The number of carbonyl (C=O) groups is 1. The Morgan fingerprint density at radius 3 is 3.17 bits per heavy atom. The first-order chi connectivity index (χ1) is 8.65. The van der Waals surface area contributed by atoms with Gasteiger partial charge in [0.1, 0.15) is 5.69 Å². The molecule has 0 aromatic carbocycles. The molecule has 0 fully saturated rings. The van der Waals surface area contributed by atoms with Gasteiger partial charge in [-0.15, -0.1) is 0 Å². The number of Topliss-reactive ketones (excluding diaryl/α,β-unsaturated/α-hetero) is 1. The Morgan fingerprint density at radius 1 is 1.78 bits per heavy atom. The van der Waals surface area contributed by atoms with Gasteiger partial charge in [-0.1, -0.05) is 0 Å². The Bertz CT molecular complexity index is 475. The topological polar surface area (TPSA) is 120 Å². The van der Waals surface area contributed by atoms with Gasteiger partial charge in [0.15, 0.2) is 12.0 Å². The van der Waals surface area contributed by atoms with Crippen LogP contribution in [-0.4, -0.2) is 39.8 Å². The average Bonchev–Trinajstić information content (AvgIpc) is 2.75. The SMILES string of the molecule is Cc1[nH]cnc1C(=O)CSCCN=C(N)NC#N. The quantitative estimate of drug-likeness (QED) is 0.167. The van der Waals surface area contributed by atoms with Crippen molar-refractivity contribution in [2.75, 3.05) is 18.1 Å². The number of hydrogen-bond acceptors (Lipinski definition) is 5. The molecule has 0 unspecified atom stereocenters. The van der Waals surface area contributed by atoms with Crippen molar-refractivity contribution < 1.29 is 4.79 Å². The normalized spacial score (nSPS) is 11.0. The average molecular weight is 266 g/mol. The molecule has 1 rings (SSSR count). The fourth-order valence-electron chi connectivity index (χ4n) is 1.20. The fourth-order valence-corrected chi connectivity index (χ4v) is 1.89. The monoisotopic (exact) mass is 266 g/mol. The number of hydrogen-bond donors (Lipinski definition) is 3. The molecule has 0 spiro atoms. The van der Waals surface area contributed by atoms with Gasteiger partial charge >= 0.3 is 0 Å². The molecule has 18 heavy (non-hydrogen) atoms. The highest BCUT2D eigenvalue weighted by molar-refractivity contribution is 8.00. The summed E-state index contributed by atoms with van der Waals surface area (Å²) in [5.74, 6) is 1.09. The zero-order valence-corrected chi connectivity index (χ0v) is 10.8. The van der Waals surface area contributed by atoms with E-state index < -0.39 is 0 Å². The molecule has 0 saturated carbocycles. The van der Waals surface area contributed by atoms with E-state index in [9.17, 15) is 4.79 Å². The summed E-state index contributed by atoms with van der Waals surface area (Å²) >= 11 is 1.45. The minimum atomic E-state index is -0.00847. The molecule has 0 radical (unpaired) electrons. The molecule has 0 atom stereocenters. The summed E-state index contributed by atoms with van der Waals surface area (Å²) in [5.41, 5.74) is 6.61. The second-order valence-corrected chi connectivity index (χ2v) is 4.46. The number of aliphatic imine (C=N–C) groups is 1. The van der Waals surface area contributed by atoms with Crippen molar-refractivity contribution in [3.63, 3.8) is 0 Å². The van der Waals surface area contributed by atoms with Gasteiger partial charge in [0.05, 0.1) is 18.6 Å². The van der Waals surface area contributed by atoms with Gasteiger partial charge in [0, 0.05) is 11.4 Å². The van der Waals surface area contributed by atoms with Crippen LogP contribution in [-0.2, 0) is 0 Å². The molecule has 8 heteroatoms. The Hall–Kier alpha value is -2.01. The van der Waals surface area contributed by atoms with E-state index in [0.717, 1.165) is 5.69 Å². The Morgan fingerprint density at radius 2 is 2.56 bits per heavy atom. The zero-order chi connectivity index (χ0) is 13.4. The minimum Gasteiger partial charge on any atom is -0.369 e. The summed E-state index contributed by atoms with van der Waals surface area (Å²) < 4.78 is 0. The highest BCUT2D eigenvalue weighted by atomic mass is 32.2. The lowest BCUT2D eigenvalue weighted by Gasteiger charge is -1.99. The molecule has 7 nitrogen and oxygen atoms in total. The van der Waals surface area contributed by atoms with Crippen molar-refractivity contribution in [2.45, 2.75) is 6.92 Å². The van der Waals surface area contributed by atoms with Crippen LogP contribution in [0.25, 0.3) is 0 Å². The number of carbonyl (C=O) groups excluding carboxylic acids is 1. The predicted octanol–water partition coefficient (Wildman–Crippen LogP) is 0.0194. The van der Waals surface area contributed by atoms with Crippen LogP contribution >= 0.6 is 11.8 Å². The van der Waals surface area contributed by atoms with Crippen LogP contribution in [0.2, 0.25) is 0 Å². The van der Waals surface area contributed by atoms with Crippen molar-refractivity contribution in [3.05, 3.63) is 17.7 Å². The lowest BCUT2D eigenvalue weighted by atomic mass is 10.3. The third-order valence-electron chi connectivity index (χ3n) is 2.03. The van der Waals surface area contributed by atoms with Gasteiger partial charge in [-0.3, -0.25) is 15.1 Å². The fraction of sp³-hybridized carbons (Fsp3) is 0.400. The Kier molecular flexibility index (Phi) is 5.73. The molecular formula is C10H14N6OS. The first kappa shape index (κ1) is 14.1. The number of nitrogens with zero attached hydrogens (tertiary/aromatic N) is 3. The molecule has 0 aliphatic carbocycles. The Labute approximate surface area is 109 Å². The second-order valence-electron chi connectivity index (χ2n) is 3.36. The third kappa shape index (κ3) is 4.47. The van der Waals surface area contributed by atoms with Gasteiger partial charge in [-0.05, 0) is 6.92 Å². The molecule has 0 aliphatic heterocycles. The smallest absolute Gasteiger partial charge is 0.202 e. The molecule has 0 amide bonds. The van der Waals surface area contributed by atoms with Crippen LogP contribution in [0.1, 0.15) is 16.2 Å². The molecule has 1 aromatic rings. The van der Waals surface area contributed by atoms with E-state index in [4.69, 9.17) is 11.0 Å². The van der Waals surface area contributed by atoms with Crippen LogP contribution < -0.4 is 11.1 Å². The number of imidazole rings is 1. The number of aromatic nitrogens is 2. The second kappa shape index (κ2) is 7.34. The molecule has 4 N–H and O–H groups in total. The number of aryl methyl sites for hydroxylation is 1. The number of nitriles is 1. The molecule has 1 aromatic heterocycles. The van der Waals surface area contributed by atoms with Crippen LogP contribution in [0, 0.1) is 18.4 Å². The van der Waals surface area contributed by atoms with Gasteiger partial charge in [-0.25, -0.2) is 4.98 Å². The maximum Gasteiger partial charge on any atom is 0.202 e. The minimum absolute atomic E-state index is 0.00847. The number of thioether (sulfide) groups is 1. The molecule has 0 saturated heterocycles. The lowest BCUT2D eigenvalue weighted by Crippen LogP contribution is -2.27. The lowest BCUT2D eigenvalue weighted by molar-refractivity contribution is 0.101. The molecule has 96 valence electrons. The first-order valence-electron chi connectivity index (χ1n) is 5.21. The van der Waals surface area contributed by atoms with E-state index in [1.807, 2.05) is 6.92 Å². The molecule has 0 aliphatic rings. The first-order valence-corrected chi connectivity index (χ1v) is 6.36. The van der Waals surface area contributed by atoms with Crippen molar-refractivity contribution in [1.82, 2.24) is 15.3 Å². The number of nitrogens with two attached hydrogens (primary N) is 1. The number of guanidine groups is 1. The van der Waals surface area contributed by atoms with E-state index in [-0.39, 0.29) is 11.7 Å². The Balaban J connectivity index is 2.23. The van der Waals surface area contributed by atoms with E-state index >= 15 is 0 Å². The summed E-state index contributed by atoms with van der Waals surface area (Å²) in [5, 5.41) is 10.5. The van der Waals surface area contributed by atoms with Crippen LogP contribution in [0.5, 0.6) is 0 Å². The van der Waals surface area contributed by atoms with E-state index in [1.54, 1.807) is 6.19 Å². The van der Waals surface area contributed by atoms with Gasteiger partial charge in [0.25, 0.3) is 0 Å². The largest absolute Gasteiger partial charge is 0.369 e. The number of rotatable bonds is 6. The number of nitrogens with one attached hydrogen (secondary N) is 2. The highest BCUT2D eigenvalue weighted by Crippen LogP contribution is 2.07. The van der Waals surface area contributed by atoms with Gasteiger partial charge < -0.3 is 10.7 Å². The summed E-state index contributed by atoms with van der Waals surface area (Å²) in [6, 6.07) is 0. The predicted molar refractivity (Wildman–Crippen MR) is 70.2 cm³/mol. The van der Waals surface area contributed by atoms with Crippen LogP contribution in [0.15, 0.2) is 11.3 Å². The summed E-state index contributed by atoms with van der Waals surface area (Å²) in [6.45, 7) is 2.27. The summed E-state index contributed by atoms with van der Waals surface area (Å²) in [7, 11) is 0. The van der Waals surface area contributed by atoms with Gasteiger partial charge in [-0.2, -0.15) is 17.0 Å². The number of ketones is 1. The van der Waals surface area contributed by atoms with Crippen molar-refractivity contribution in [1.29, 1.82) is 5.26 Å². The van der Waals surface area contributed by atoms with Crippen LogP contribution in [0.4, 0.5) is 0 Å². The maximum atomic E-state index is 11.7. The summed E-state index contributed by atoms with van der Waals surface area (Å²) in [6.07, 6.45) is 3.18.